The fourth-order valence-electron chi connectivity index (χ4n) is 1.50. The maximum Gasteiger partial charge on any atom is 0.00176 e. The Bertz CT molecular complexity index is 344. The van der Waals surface area contributed by atoms with Gasteiger partial charge in [0.1, 0.15) is 0 Å². The van der Waals surface area contributed by atoms with E-state index >= 15 is 0 Å². The second kappa shape index (κ2) is 3.21. The Morgan fingerprint density at radius 3 is 2.54 bits per heavy atom. The summed E-state index contributed by atoms with van der Waals surface area (Å²) in [5, 5.41) is 0. The average molecular weight is 170 g/mol. The minimum Gasteiger partial charge on any atom is -0.0992 e. The van der Waals surface area contributed by atoms with Crippen molar-refractivity contribution in [1.82, 2.24) is 0 Å². The fraction of sp³-hybridized carbons (Fsp3) is 0.231. The molecule has 1 fully saturated rings. The van der Waals surface area contributed by atoms with Gasteiger partial charge in [-0.3, -0.25) is 0 Å². The number of allylic oxidation sites excluding steroid dienone is 3. The van der Waals surface area contributed by atoms with Crippen molar-refractivity contribution < 1.29 is 0 Å². The fourth-order valence-corrected chi connectivity index (χ4v) is 1.50. The highest BCUT2D eigenvalue weighted by Crippen LogP contribution is 2.38. The molecule has 1 atom stereocenters. The van der Waals surface area contributed by atoms with Crippen LogP contribution >= 0.6 is 0 Å². The molecule has 0 radical (unpaired) electrons. The molecular formula is C13H14. The standard InChI is InChI=1S/C13H14/c1-10(8-13-9-11(13)2)12-6-4-3-5-7-12/h3-8,13H,2,9H2,1H3/b10-8+. The van der Waals surface area contributed by atoms with Gasteiger partial charge in [-0.25, -0.2) is 0 Å². The summed E-state index contributed by atoms with van der Waals surface area (Å²) in [6, 6.07) is 10.5. The molecule has 0 amide bonds. The molecular weight excluding hydrogens is 156 g/mol. The molecule has 0 N–H and O–H groups in total. The summed E-state index contributed by atoms with van der Waals surface area (Å²) in [5.74, 6) is 0.653. The van der Waals surface area contributed by atoms with E-state index in [1.54, 1.807) is 0 Å². The van der Waals surface area contributed by atoms with Gasteiger partial charge in [0.05, 0.1) is 0 Å². The largest absolute Gasteiger partial charge is 0.0992 e. The SMILES string of the molecule is C=C1CC1/C=C(\C)c1ccccc1. The molecule has 1 unspecified atom stereocenters. The molecule has 0 heterocycles. The van der Waals surface area contributed by atoms with Gasteiger partial charge in [0.2, 0.25) is 0 Å². The molecule has 0 aromatic heterocycles. The van der Waals surface area contributed by atoms with E-state index in [9.17, 15) is 0 Å². The predicted molar refractivity (Wildman–Crippen MR) is 57.3 cm³/mol. The summed E-state index contributed by atoms with van der Waals surface area (Å²) in [6.45, 7) is 6.12. The van der Waals surface area contributed by atoms with E-state index in [1.807, 2.05) is 6.07 Å². The van der Waals surface area contributed by atoms with E-state index in [1.165, 1.54) is 23.1 Å². The summed E-state index contributed by atoms with van der Waals surface area (Å²) in [4.78, 5) is 0. The third kappa shape index (κ3) is 1.89. The monoisotopic (exact) mass is 170 g/mol. The summed E-state index contributed by atoms with van der Waals surface area (Å²) in [7, 11) is 0. The van der Waals surface area contributed by atoms with Crippen LogP contribution in [0.3, 0.4) is 0 Å². The highest BCUT2D eigenvalue weighted by Gasteiger charge is 2.24. The first-order valence-electron chi connectivity index (χ1n) is 4.69. The van der Waals surface area contributed by atoms with Gasteiger partial charge in [0.25, 0.3) is 0 Å². The van der Waals surface area contributed by atoms with Gasteiger partial charge < -0.3 is 0 Å². The van der Waals surface area contributed by atoms with Crippen molar-refractivity contribution in [3.05, 3.63) is 54.1 Å². The molecule has 1 aromatic rings. The van der Waals surface area contributed by atoms with Crippen molar-refractivity contribution >= 4 is 5.57 Å². The third-order valence-corrected chi connectivity index (χ3v) is 2.53. The van der Waals surface area contributed by atoms with E-state index < -0.39 is 0 Å². The lowest BCUT2D eigenvalue weighted by Crippen LogP contribution is -1.78. The Morgan fingerprint density at radius 2 is 2.00 bits per heavy atom. The van der Waals surface area contributed by atoms with Crippen LogP contribution in [0.5, 0.6) is 0 Å². The van der Waals surface area contributed by atoms with Crippen LogP contribution in [0.15, 0.2) is 48.6 Å². The Balaban J connectivity index is 2.17. The molecule has 1 saturated carbocycles. The third-order valence-electron chi connectivity index (χ3n) is 2.53. The zero-order chi connectivity index (χ0) is 9.26. The number of hydrogen-bond acceptors (Lipinski definition) is 0. The van der Waals surface area contributed by atoms with Crippen LogP contribution in [-0.2, 0) is 0 Å². The van der Waals surface area contributed by atoms with Crippen molar-refractivity contribution in [2.75, 3.05) is 0 Å². The molecule has 2 rings (SSSR count). The molecule has 66 valence electrons. The number of hydrogen-bond donors (Lipinski definition) is 0. The van der Waals surface area contributed by atoms with Crippen LogP contribution in [0, 0.1) is 5.92 Å². The minimum absolute atomic E-state index is 0.653. The van der Waals surface area contributed by atoms with Crippen LogP contribution in [-0.4, -0.2) is 0 Å². The van der Waals surface area contributed by atoms with Crippen LogP contribution in [0.25, 0.3) is 5.57 Å². The van der Waals surface area contributed by atoms with Crippen molar-refractivity contribution in [2.24, 2.45) is 5.92 Å². The second-order valence-corrected chi connectivity index (χ2v) is 3.68. The summed E-state index contributed by atoms with van der Waals surface area (Å²) >= 11 is 0. The lowest BCUT2D eigenvalue weighted by Gasteiger charge is -1.99. The summed E-state index contributed by atoms with van der Waals surface area (Å²) in [5.41, 5.74) is 4.06. The van der Waals surface area contributed by atoms with E-state index in [0.29, 0.717) is 5.92 Å². The molecule has 0 aliphatic heterocycles. The molecule has 13 heavy (non-hydrogen) atoms. The first kappa shape index (κ1) is 8.31. The van der Waals surface area contributed by atoms with E-state index in [2.05, 4.69) is 43.8 Å². The molecule has 0 nitrogen and oxygen atoms in total. The Kier molecular flexibility index (Phi) is 2.05. The number of benzene rings is 1. The normalized spacial score (nSPS) is 21.8. The lowest BCUT2D eigenvalue weighted by molar-refractivity contribution is 1.16. The topological polar surface area (TPSA) is 0 Å². The zero-order valence-corrected chi connectivity index (χ0v) is 7.96. The van der Waals surface area contributed by atoms with Crippen molar-refractivity contribution in [1.29, 1.82) is 0 Å². The molecule has 1 aliphatic carbocycles. The smallest absolute Gasteiger partial charge is 0.00176 e. The van der Waals surface area contributed by atoms with Crippen molar-refractivity contribution in [3.8, 4) is 0 Å². The predicted octanol–water partition coefficient (Wildman–Crippen LogP) is 3.67. The second-order valence-electron chi connectivity index (χ2n) is 3.68. The Labute approximate surface area is 79.6 Å². The van der Waals surface area contributed by atoms with Gasteiger partial charge in [-0.15, -0.1) is 0 Å². The molecule has 0 heteroatoms. The van der Waals surface area contributed by atoms with Gasteiger partial charge in [0, 0.05) is 5.92 Å². The van der Waals surface area contributed by atoms with Gasteiger partial charge in [-0.1, -0.05) is 48.6 Å². The molecule has 0 bridgehead atoms. The lowest BCUT2D eigenvalue weighted by atomic mass is 10.1. The average Bonchev–Trinajstić information content (AvgIpc) is 2.83. The van der Waals surface area contributed by atoms with Gasteiger partial charge in [-0.05, 0) is 24.5 Å². The van der Waals surface area contributed by atoms with Gasteiger partial charge >= 0.3 is 0 Å². The van der Waals surface area contributed by atoms with Gasteiger partial charge in [-0.2, -0.15) is 0 Å². The van der Waals surface area contributed by atoms with E-state index in [0.717, 1.165) is 0 Å². The number of rotatable bonds is 2. The first-order valence-corrected chi connectivity index (χ1v) is 4.69. The molecule has 1 aromatic carbocycles. The van der Waals surface area contributed by atoms with Crippen LogP contribution in [0.2, 0.25) is 0 Å². The maximum atomic E-state index is 3.95. The molecule has 0 saturated heterocycles. The molecule has 1 aliphatic rings. The Morgan fingerprint density at radius 1 is 1.38 bits per heavy atom. The first-order chi connectivity index (χ1) is 6.27. The van der Waals surface area contributed by atoms with Crippen LogP contribution in [0.4, 0.5) is 0 Å². The highest BCUT2D eigenvalue weighted by molar-refractivity contribution is 5.65. The maximum absolute atomic E-state index is 3.95. The summed E-state index contributed by atoms with van der Waals surface area (Å²) in [6.07, 6.45) is 3.50. The minimum atomic E-state index is 0.653. The summed E-state index contributed by atoms with van der Waals surface area (Å²) < 4.78 is 0. The Hall–Kier alpha value is -1.30. The van der Waals surface area contributed by atoms with Crippen LogP contribution < -0.4 is 0 Å². The van der Waals surface area contributed by atoms with Crippen molar-refractivity contribution in [2.45, 2.75) is 13.3 Å². The highest BCUT2D eigenvalue weighted by atomic mass is 14.3. The zero-order valence-electron chi connectivity index (χ0n) is 7.96. The van der Waals surface area contributed by atoms with E-state index in [-0.39, 0.29) is 0 Å². The van der Waals surface area contributed by atoms with Gasteiger partial charge in [0.15, 0.2) is 0 Å². The van der Waals surface area contributed by atoms with Crippen LogP contribution in [0.1, 0.15) is 18.9 Å². The quantitative estimate of drug-likeness (QED) is 0.594. The van der Waals surface area contributed by atoms with E-state index in [4.69, 9.17) is 0 Å². The van der Waals surface area contributed by atoms with Crippen molar-refractivity contribution in [3.63, 3.8) is 0 Å². The molecule has 0 spiro atoms.